The van der Waals surface area contributed by atoms with Gasteiger partial charge in [0, 0.05) is 19.2 Å². The van der Waals surface area contributed by atoms with E-state index >= 15 is 0 Å². The first kappa shape index (κ1) is 14.7. The Labute approximate surface area is 123 Å². The molecule has 0 bridgehead atoms. The van der Waals surface area contributed by atoms with Crippen LogP contribution in [0.25, 0.3) is 0 Å². The van der Waals surface area contributed by atoms with Crippen LogP contribution >= 0.6 is 15.9 Å². The maximum Gasteiger partial charge on any atom is 0.273 e. The summed E-state index contributed by atoms with van der Waals surface area (Å²) in [4.78, 5) is 23.5. The van der Waals surface area contributed by atoms with Crippen molar-refractivity contribution >= 4 is 33.2 Å². The number of hydrogen-bond acceptors (Lipinski definition) is 4. The number of benzene rings is 1. The van der Waals surface area contributed by atoms with Gasteiger partial charge < -0.3 is 10.2 Å². The summed E-state index contributed by atoms with van der Waals surface area (Å²) in [5, 5.41) is 13.3. The third-order valence-electron chi connectivity index (χ3n) is 3.11. The van der Waals surface area contributed by atoms with Crippen molar-refractivity contribution in [3.05, 3.63) is 32.5 Å². The minimum absolute atomic E-state index is 0.0344. The molecule has 1 aliphatic rings. The molecule has 20 heavy (non-hydrogen) atoms. The van der Waals surface area contributed by atoms with Crippen molar-refractivity contribution in [2.24, 2.45) is 0 Å². The topological polar surface area (TPSA) is 75.5 Å². The fraction of sp³-hybridized carbons (Fsp3) is 0.417. The number of nitro groups is 1. The van der Waals surface area contributed by atoms with Crippen molar-refractivity contribution in [3.63, 3.8) is 0 Å². The Morgan fingerprint density at radius 1 is 1.45 bits per heavy atom. The summed E-state index contributed by atoms with van der Waals surface area (Å²) in [6.45, 7) is 1.42. The van der Waals surface area contributed by atoms with E-state index in [1.807, 2.05) is 0 Å². The Morgan fingerprint density at radius 3 is 2.65 bits per heavy atom. The van der Waals surface area contributed by atoms with Gasteiger partial charge in [-0.3, -0.25) is 14.9 Å². The Kier molecular flexibility index (Phi) is 4.53. The molecule has 8 heteroatoms. The van der Waals surface area contributed by atoms with Crippen LogP contribution in [0.3, 0.4) is 0 Å². The van der Waals surface area contributed by atoms with E-state index in [1.54, 1.807) is 4.90 Å². The van der Waals surface area contributed by atoms with Gasteiger partial charge in [-0.05, 0) is 28.8 Å². The molecule has 1 fully saturated rings. The largest absolute Gasteiger partial charge is 0.373 e. The van der Waals surface area contributed by atoms with E-state index in [4.69, 9.17) is 0 Å². The van der Waals surface area contributed by atoms with Crippen LogP contribution in [0.15, 0.2) is 16.6 Å². The second-order valence-electron chi connectivity index (χ2n) is 4.48. The molecule has 1 aromatic rings. The highest BCUT2D eigenvalue weighted by atomic mass is 79.9. The lowest BCUT2D eigenvalue weighted by Crippen LogP contribution is -2.33. The number of carbonyl (C=O) groups excluding carboxylic acids is 1. The number of nitrogens with zero attached hydrogens (tertiary/aromatic N) is 2. The van der Waals surface area contributed by atoms with Gasteiger partial charge in [-0.1, -0.05) is 0 Å². The molecular formula is C12H13BrFN3O3. The van der Waals surface area contributed by atoms with E-state index in [1.165, 1.54) is 6.07 Å². The molecule has 1 aliphatic heterocycles. The molecule has 0 aromatic heterocycles. The van der Waals surface area contributed by atoms with Crippen LogP contribution in [-0.2, 0) is 4.79 Å². The molecule has 1 heterocycles. The second-order valence-corrected chi connectivity index (χ2v) is 5.34. The first-order valence-electron chi connectivity index (χ1n) is 6.14. The van der Waals surface area contributed by atoms with Crippen molar-refractivity contribution in [1.82, 2.24) is 4.90 Å². The van der Waals surface area contributed by atoms with E-state index in [-0.39, 0.29) is 28.3 Å². The number of hydrogen-bond donors (Lipinski definition) is 1. The number of nitrogens with one attached hydrogen (secondary N) is 1. The Bertz CT molecular complexity index is 524. The van der Waals surface area contributed by atoms with Crippen molar-refractivity contribution < 1.29 is 14.1 Å². The number of non-ortho nitro benzene ring substituents is 1. The van der Waals surface area contributed by atoms with E-state index in [2.05, 4.69) is 21.2 Å². The van der Waals surface area contributed by atoms with Crippen molar-refractivity contribution in [3.8, 4) is 0 Å². The SMILES string of the molecule is O=C(CNc1c(F)cc([N+](=O)[O-])cc1Br)N1CCCC1. The highest BCUT2D eigenvalue weighted by molar-refractivity contribution is 9.10. The minimum atomic E-state index is -0.764. The number of anilines is 1. The molecule has 0 radical (unpaired) electrons. The van der Waals surface area contributed by atoms with Crippen LogP contribution in [0.1, 0.15) is 12.8 Å². The molecule has 1 N–H and O–H groups in total. The van der Waals surface area contributed by atoms with Gasteiger partial charge in [0.25, 0.3) is 5.69 Å². The molecule has 2 rings (SSSR count). The van der Waals surface area contributed by atoms with Gasteiger partial charge in [-0.15, -0.1) is 0 Å². The van der Waals surface area contributed by atoms with Crippen LogP contribution in [-0.4, -0.2) is 35.4 Å². The summed E-state index contributed by atoms with van der Waals surface area (Å²) >= 11 is 3.07. The zero-order chi connectivity index (χ0) is 14.7. The van der Waals surface area contributed by atoms with Gasteiger partial charge in [0.2, 0.25) is 5.91 Å². The summed E-state index contributed by atoms with van der Waals surface area (Å²) in [7, 11) is 0. The maximum absolute atomic E-state index is 13.8. The second kappa shape index (κ2) is 6.17. The van der Waals surface area contributed by atoms with Crippen LogP contribution < -0.4 is 5.32 Å². The fourth-order valence-corrected chi connectivity index (χ4v) is 2.64. The third-order valence-corrected chi connectivity index (χ3v) is 3.74. The van der Waals surface area contributed by atoms with Crippen molar-refractivity contribution in [1.29, 1.82) is 0 Å². The molecule has 0 saturated carbocycles. The van der Waals surface area contributed by atoms with Gasteiger partial charge in [0.05, 0.1) is 27.7 Å². The smallest absolute Gasteiger partial charge is 0.273 e. The monoisotopic (exact) mass is 345 g/mol. The van der Waals surface area contributed by atoms with Crippen LogP contribution in [0.4, 0.5) is 15.8 Å². The molecule has 1 saturated heterocycles. The fourth-order valence-electron chi connectivity index (χ4n) is 2.08. The van der Waals surface area contributed by atoms with Gasteiger partial charge in [0.15, 0.2) is 5.82 Å². The Hall–Kier alpha value is -1.70. The molecule has 0 atom stereocenters. The number of rotatable bonds is 4. The average molecular weight is 346 g/mol. The Balaban J connectivity index is 2.05. The summed E-state index contributed by atoms with van der Waals surface area (Å²) in [6, 6.07) is 2.03. The van der Waals surface area contributed by atoms with Gasteiger partial charge in [-0.2, -0.15) is 0 Å². The summed E-state index contributed by atoms with van der Waals surface area (Å²) < 4.78 is 14.0. The first-order chi connectivity index (χ1) is 9.49. The summed E-state index contributed by atoms with van der Waals surface area (Å²) in [5.41, 5.74) is -0.283. The number of likely N-dealkylation sites (tertiary alicyclic amines) is 1. The zero-order valence-corrected chi connectivity index (χ0v) is 12.2. The maximum atomic E-state index is 13.8. The normalized spacial score (nSPS) is 14.4. The Morgan fingerprint density at radius 2 is 2.10 bits per heavy atom. The molecule has 0 spiro atoms. The predicted molar refractivity (Wildman–Crippen MR) is 75.1 cm³/mol. The highest BCUT2D eigenvalue weighted by Gasteiger charge is 2.20. The highest BCUT2D eigenvalue weighted by Crippen LogP contribution is 2.30. The van der Waals surface area contributed by atoms with E-state index < -0.39 is 10.7 Å². The molecule has 0 unspecified atom stereocenters. The molecule has 0 aliphatic carbocycles. The lowest BCUT2D eigenvalue weighted by atomic mass is 10.2. The average Bonchev–Trinajstić information content (AvgIpc) is 2.91. The summed E-state index contributed by atoms with van der Waals surface area (Å²) in [6.07, 6.45) is 1.97. The standard InChI is InChI=1S/C12H13BrFN3O3/c13-9-5-8(17(19)20)6-10(14)12(9)15-7-11(18)16-3-1-2-4-16/h5-6,15H,1-4,7H2. The van der Waals surface area contributed by atoms with Crippen LogP contribution in [0.2, 0.25) is 0 Å². The van der Waals surface area contributed by atoms with Crippen molar-refractivity contribution in [2.45, 2.75) is 12.8 Å². The first-order valence-corrected chi connectivity index (χ1v) is 6.93. The number of nitro benzene ring substituents is 1. The van der Waals surface area contributed by atoms with Crippen LogP contribution in [0.5, 0.6) is 0 Å². The minimum Gasteiger partial charge on any atom is -0.373 e. The quantitative estimate of drug-likeness (QED) is 0.672. The van der Waals surface area contributed by atoms with Crippen molar-refractivity contribution in [2.75, 3.05) is 25.0 Å². The van der Waals surface area contributed by atoms with Gasteiger partial charge in [-0.25, -0.2) is 4.39 Å². The van der Waals surface area contributed by atoms with Gasteiger partial charge >= 0.3 is 0 Å². The van der Waals surface area contributed by atoms with E-state index in [0.29, 0.717) is 0 Å². The number of amides is 1. The third kappa shape index (κ3) is 3.24. The number of halogens is 2. The molecule has 1 aromatic carbocycles. The van der Waals surface area contributed by atoms with Crippen LogP contribution in [0, 0.1) is 15.9 Å². The lowest BCUT2D eigenvalue weighted by Gasteiger charge is -2.16. The predicted octanol–water partition coefficient (Wildman–Crippen LogP) is 2.53. The molecule has 108 valence electrons. The van der Waals surface area contributed by atoms with Gasteiger partial charge in [0.1, 0.15) is 0 Å². The summed E-state index contributed by atoms with van der Waals surface area (Å²) in [5.74, 6) is -0.868. The lowest BCUT2D eigenvalue weighted by molar-refractivity contribution is -0.385. The number of carbonyl (C=O) groups is 1. The van der Waals surface area contributed by atoms with E-state index in [9.17, 15) is 19.3 Å². The molecule has 1 amide bonds. The van der Waals surface area contributed by atoms with E-state index in [0.717, 1.165) is 32.0 Å². The zero-order valence-electron chi connectivity index (χ0n) is 10.6. The molecular weight excluding hydrogens is 333 g/mol. The molecule has 6 nitrogen and oxygen atoms in total.